The Labute approximate surface area is 109 Å². The Morgan fingerprint density at radius 3 is 2.72 bits per heavy atom. The fourth-order valence-electron chi connectivity index (χ4n) is 1.70. The molecule has 18 heavy (non-hydrogen) atoms. The highest BCUT2D eigenvalue weighted by Gasteiger charge is 2.17. The van der Waals surface area contributed by atoms with Gasteiger partial charge in [0, 0.05) is 5.69 Å². The van der Waals surface area contributed by atoms with Gasteiger partial charge in [-0.25, -0.2) is 0 Å². The molecule has 0 spiro atoms. The van der Waals surface area contributed by atoms with Crippen LogP contribution in [0.5, 0.6) is 0 Å². The summed E-state index contributed by atoms with van der Waals surface area (Å²) >= 11 is 6.05. The van der Waals surface area contributed by atoms with Gasteiger partial charge in [-0.15, -0.1) is 0 Å². The monoisotopic (exact) mass is 264 g/mol. The van der Waals surface area contributed by atoms with Gasteiger partial charge in [0.15, 0.2) is 5.82 Å². The number of nitrogens with zero attached hydrogens (tertiary/aromatic N) is 1. The third-order valence-corrected chi connectivity index (χ3v) is 2.98. The number of carbonyl (C=O) groups excluding carboxylic acids is 1. The number of aromatic nitrogens is 2. The SMILES string of the molecule is Cc1cccc(Cl)c1NC(=O)c1c(N)n[nH]c1C. The number of hydrogen-bond acceptors (Lipinski definition) is 3. The molecule has 1 aromatic heterocycles. The number of nitrogens with two attached hydrogens (primary N) is 1. The fourth-order valence-corrected chi connectivity index (χ4v) is 1.97. The number of nitrogens with one attached hydrogen (secondary N) is 2. The maximum atomic E-state index is 12.1. The molecule has 1 amide bonds. The molecule has 0 fully saturated rings. The Morgan fingerprint density at radius 2 is 2.17 bits per heavy atom. The number of hydrogen-bond donors (Lipinski definition) is 3. The smallest absolute Gasteiger partial charge is 0.261 e. The molecule has 94 valence electrons. The van der Waals surface area contributed by atoms with E-state index in [2.05, 4.69) is 15.5 Å². The van der Waals surface area contributed by atoms with E-state index in [0.29, 0.717) is 22.0 Å². The first kappa shape index (κ1) is 12.4. The molecule has 0 unspecified atom stereocenters. The van der Waals surface area contributed by atoms with Crippen molar-refractivity contribution < 1.29 is 4.79 Å². The zero-order valence-electron chi connectivity index (χ0n) is 10.0. The molecule has 1 aromatic carbocycles. The maximum absolute atomic E-state index is 12.1. The lowest BCUT2D eigenvalue weighted by Crippen LogP contribution is -2.15. The third kappa shape index (κ3) is 2.17. The van der Waals surface area contributed by atoms with Gasteiger partial charge in [-0.2, -0.15) is 5.10 Å². The first-order valence-corrected chi connectivity index (χ1v) is 5.75. The first-order chi connectivity index (χ1) is 8.50. The number of para-hydroxylation sites is 1. The van der Waals surface area contributed by atoms with E-state index in [0.717, 1.165) is 5.56 Å². The summed E-state index contributed by atoms with van der Waals surface area (Å²) in [6.07, 6.45) is 0. The van der Waals surface area contributed by atoms with Crippen molar-refractivity contribution in [1.82, 2.24) is 10.2 Å². The van der Waals surface area contributed by atoms with Crippen LogP contribution in [0.2, 0.25) is 5.02 Å². The topological polar surface area (TPSA) is 83.8 Å². The highest BCUT2D eigenvalue weighted by atomic mass is 35.5. The van der Waals surface area contributed by atoms with E-state index in [1.165, 1.54) is 0 Å². The third-order valence-electron chi connectivity index (χ3n) is 2.66. The van der Waals surface area contributed by atoms with E-state index in [9.17, 15) is 4.79 Å². The summed E-state index contributed by atoms with van der Waals surface area (Å²) in [6.45, 7) is 3.60. The normalized spacial score (nSPS) is 10.4. The quantitative estimate of drug-likeness (QED) is 0.779. The Kier molecular flexibility index (Phi) is 3.25. The van der Waals surface area contributed by atoms with Crippen LogP contribution in [-0.4, -0.2) is 16.1 Å². The molecular formula is C12H13ClN4O. The predicted molar refractivity (Wildman–Crippen MR) is 71.9 cm³/mol. The zero-order chi connectivity index (χ0) is 13.3. The summed E-state index contributed by atoms with van der Waals surface area (Å²) in [5, 5.41) is 9.69. The number of carbonyl (C=O) groups is 1. The van der Waals surface area contributed by atoms with Gasteiger partial charge in [0.05, 0.1) is 10.7 Å². The van der Waals surface area contributed by atoms with Crippen LogP contribution in [0.25, 0.3) is 0 Å². The minimum atomic E-state index is -0.324. The molecule has 1 heterocycles. The Morgan fingerprint density at radius 1 is 1.44 bits per heavy atom. The summed E-state index contributed by atoms with van der Waals surface area (Å²) in [5.41, 5.74) is 8.07. The molecule has 4 N–H and O–H groups in total. The second-order valence-electron chi connectivity index (χ2n) is 3.99. The standard InChI is InChI=1S/C12H13ClN4O/c1-6-4-3-5-8(13)10(6)15-12(18)9-7(2)16-17-11(9)14/h3-5H,1-2H3,(H,15,18)(H3,14,16,17). The molecule has 6 heteroatoms. The molecule has 0 aliphatic heterocycles. The van der Waals surface area contributed by atoms with Gasteiger partial charge >= 0.3 is 0 Å². The summed E-state index contributed by atoms with van der Waals surface area (Å²) < 4.78 is 0. The lowest BCUT2D eigenvalue weighted by Gasteiger charge is -2.10. The van der Waals surface area contributed by atoms with Crippen molar-refractivity contribution in [2.45, 2.75) is 13.8 Å². The summed E-state index contributed by atoms with van der Waals surface area (Å²) in [5.74, 6) is -0.148. The van der Waals surface area contributed by atoms with Gasteiger partial charge in [-0.3, -0.25) is 9.89 Å². The lowest BCUT2D eigenvalue weighted by atomic mass is 10.1. The number of amides is 1. The van der Waals surface area contributed by atoms with Crippen molar-refractivity contribution in [3.8, 4) is 0 Å². The van der Waals surface area contributed by atoms with Gasteiger partial charge in [0.1, 0.15) is 5.56 Å². The lowest BCUT2D eigenvalue weighted by molar-refractivity contribution is 0.102. The van der Waals surface area contributed by atoms with Crippen molar-refractivity contribution in [2.24, 2.45) is 0 Å². The Balaban J connectivity index is 2.33. The van der Waals surface area contributed by atoms with Gasteiger partial charge < -0.3 is 11.1 Å². The molecule has 0 aliphatic carbocycles. The minimum absolute atomic E-state index is 0.176. The number of halogens is 1. The molecule has 0 atom stereocenters. The minimum Gasteiger partial charge on any atom is -0.382 e. The molecule has 2 aromatic rings. The summed E-state index contributed by atoms with van der Waals surface area (Å²) in [4.78, 5) is 12.1. The molecule has 5 nitrogen and oxygen atoms in total. The largest absolute Gasteiger partial charge is 0.382 e. The second kappa shape index (κ2) is 4.70. The van der Waals surface area contributed by atoms with E-state index < -0.39 is 0 Å². The van der Waals surface area contributed by atoms with Gasteiger partial charge in [0.2, 0.25) is 0 Å². The van der Waals surface area contributed by atoms with Crippen molar-refractivity contribution in [3.63, 3.8) is 0 Å². The van der Waals surface area contributed by atoms with Crippen molar-refractivity contribution in [2.75, 3.05) is 11.1 Å². The highest BCUT2D eigenvalue weighted by Crippen LogP contribution is 2.26. The molecule has 0 bridgehead atoms. The van der Waals surface area contributed by atoms with E-state index in [4.69, 9.17) is 17.3 Å². The predicted octanol–water partition coefficient (Wildman–Crippen LogP) is 2.51. The Bertz CT molecular complexity index is 566. The Hall–Kier alpha value is -2.01. The molecule has 0 saturated carbocycles. The molecular weight excluding hydrogens is 252 g/mol. The summed E-state index contributed by atoms with van der Waals surface area (Å²) in [7, 11) is 0. The number of aromatic amines is 1. The van der Waals surface area contributed by atoms with E-state index in [1.54, 1.807) is 13.0 Å². The van der Waals surface area contributed by atoms with Crippen LogP contribution in [0.4, 0.5) is 11.5 Å². The van der Waals surface area contributed by atoms with E-state index >= 15 is 0 Å². The first-order valence-electron chi connectivity index (χ1n) is 5.37. The van der Waals surface area contributed by atoms with Gasteiger partial charge in [-0.1, -0.05) is 23.7 Å². The van der Waals surface area contributed by atoms with Crippen LogP contribution in [-0.2, 0) is 0 Å². The molecule has 2 rings (SSSR count). The molecule has 0 aliphatic rings. The fraction of sp³-hybridized carbons (Fsp3) is 0.167. The van der Waals surface area contributed by atoms with Crippen LogP contribution >= 0.6 is 11.6 Å². The number of nitrogen functional groups attached to an aromatic ring is 1. The highest BCUT2D eigenvalue weighted by molar-refractivity contribution is 6.34. The number of rotatable bonds is 2. The number of benzene rings is 1. The second-order valence-corrected chi connectivity index (χ2v) is 4.40. The van der Waals surface area contributed by atoms with E-state index in [1.807, 2.05) is 19.1 Å². The van der Waals surface area contributed by atoms with Crippen LogP contribution in [0.3, 0.4) is 0 Å². The average Bonchev–Trinajstić information content (AvgIpc) is 2.64. The van der Waals surface area contributed by atoms with Crippen LogP contribution in [0.15, 0.2) is 18.2 Å². The summed E-state index contributed by atoms with van der Waals surface area (Å²) in [6, 6.07) is 5.41. The van der Waals surface area contributed by atoms with E-state index in [-0.39, 0.29) is 11.7 Å². The number of H-pyrrole nitrogens is 1. The van der Waals surface area contributed by atoms with Crippen LogP contribution in [0.1, 0.15) is 21.6 Å². The maximum Gasteiger partial charge on any atom is 0.261 e. The zero-order valence-corrected chi connectivity index (χ0v) is 10.8. The average molecular weight is 265 g/mol. The molecule has 0 saturated heterocycles. The number of anilines is 2. The van der Waals surface area contributed by atoms with Crippen molar-refractivity contribution >= 4 is 29.0 Å². The van der Waals surface area contributed by atoms with Crippen molar-refractivity contribution in [1.29, 1.82) is 0 Å². The molecule has 0 radical (unpaired) electrons. The van der Waals surface area contributed by atoms with Crippen molar-refractivity contribution in [3.05, 3.63) is 40.0 Å². The van der Waals surface area contributed by atoms with Crippen LogP contribution in [0, 0.1) is 13.8 Å². The van der Waals surface area contributed by atoms with Gasteiger partial charge in [-0.05, 0) is 25.5 Å². The van der Waals surface area contributed by atoms with Gasteiger partial charge in [0.25, 0.3) is 5.91 Å². The van der Waals surface area contributed by atoms with Crippen LogP contribution < -0.4 is 11.1 Å². The number of aryl methyl sites for hydroxylation is 2.